The Bertz CT molecular complexity index is 184. The topological polar surface area (TPSA) is 21.3 Å². The molecular formula is C15H31NO. The van der Waals surface area contributed by atoms with E-state index >= 15 is 0 Å². The van der Waals surface area contributed by atoms with E-state index in [-0.39, 0.29) is 0 Å². The van der Waals surface area contributed by atoms with Crippen LogP contribution in [0.25, 0.3) is 0 Å². The fraction of sp³-hybridized carbons (Fsp3) is 1.00. The van der Waals surface area contributed by atoms with Crippen LogP contribution >= 0.6 is 0 Å². The third kappa shape index (κ3) is 4.97. The van der Waals surface area contributed by atoms with Crippen LogP contribution in [0.2, 0.25) is 0 Å². The summed E-state index contributed by atoms with van der Waals surface area (Å²) in [7, 11) is 0. The smallest absolute Gasteiger partial charge is 0.0480 e. The molecule has 0 heterocycles. The first-order chi connectivity index (χ1) is 8.33. The average molecular weight is 241 g/mol. The Labute approximate surface area is 108 Å². The first kappa shape index (κ1) is 15.0. The van der Waals surface area contributed by atoms with Crippen LogP contribution < -0.4 is 5.32 Å². The molecule has 0 bridgehead atoms. The zero-order valence-corrected chi connectivity index (χ0v) is 12.0. The molecule has 102 valence electrons. The monoisotopic (exact) mass is 241 g/mol. The molecule has 3 unspecified atom stereocenters. The van der Waals surface area contributed by atoms with Crippen LogP contribution in [-0.2, 0) is 4.74 Å². The van der Waals surface area contributed by atoms with Gasteiger partial charge < -0.3 is 10.1 Å². The Morgan fingerprint density at radius 3 is 2.59 bits per heavy atom. The van der Waals surface area contributed by atoms with Gasteiger partial charge in [0.2, 0.25) is 0 Å². The number of hydrogen-bond acceptors (Lipinski definition) is 2. The Kier molecular flexibility index (Phi) is 7.87. The first-order valence-electron chi connectivity index (χ1n) is 7.64. The summed E-state index contributed by atoms with van der Waals surface area (Å²) >= 11 is 0. The number of ether oxygens (including phenoxy) is 1. The molecule has 1 saturated carbocycles. The maximum atomic E-state index is 5.53. The van der Waals surface area contributed by atoms with Crippen LogP contribution in [0, 0.1) is 11.8 Å². The highest BCUT2D eigenvalue weighted by Crippen LogP contribution is 2.35. The van der Waals surface area contributed by atoms with E-state index in [4.69, 9.17) is 4.74 Å². The van der Waals surface area contributed by atoms with Crippen molar-refractivity contribution in [3.63, 3.8) is 0 Å². The molecule has 0 saturated heterocycles. The van der Waals surface area contributed by atoms with Gasteiger partial charge in [0.1, 0.15) is 0 Å². The van der Waals surface area contributed by atoms with E-state index < -0.39 is 0 Å². The number of nitrogens with one attached hydrogen (secondary N) is 1. The predicted molar refractivity (Wildman–Crippen MR) is 74.3 cm³/mol. The zero-order valence-electron chi connectivity index (χ0n) is 12.0. The molecule has 0 aromatic carbocycles. The van der Waals surface area contributed by atoms with Crippen molar-refractivity contribution in [3.8, 4) is 0 Å². The highest BCUT2D eigenvalue weighted by atomic mass is 16.5. The van der Waals surface area contributed by atoms with E-state index in [1.54, 1.807) is 0 Å². The Balaban J connectivity index is 2.47. The van der Waals surface area contributed by atoms with Crippen molar-refractivity contribution in [2.24, 2.45) is 11.8 Å². The van der Waals surface area contributed by atoms with Crippen molar-refractivity contribution in [1.29, 1.82) is 0 Å². The van der Waals surface area contributed by atoms with Crippen molar-refractivity contribution in [2.45, 2.75) is 65.3 Å². The second-order valence-corrected chi connectivity index (χ2v) is 5.27. The van der Waals surface area contributed by atoms with Gasteiger partial charge in [-0.1, -0.05) is 39.5 Å². The molecule has 1 N–H and O–H groups in total. The van der Waals surface area contributed by atoms with E-state index in [0.717, 1.165) is 31.6 Å². The van der Waals surface area contributed by atoms with Gasteiger partial charge in [0.25, 0.3) is 0 Å². The van der Waals surface area contributed by atoms with Gasteiger partial charge in [-0.3, -0.25) is 0 Å². The first-order valence-corrected chi connectivity index (χ1v) is 7.64. The lowest BCUT2D eigenvalue weighted by Crippen LogP contribution is -2.41. The lowest BCUT2D eigenvalue weighted by atomic mass is 9.73. The molecule has 1 aliphatic carbocycles. The van der Waals surface area contributed by atoms with Crippen molar-refractivity contribution in [3.05, 3.63) is 0 Å². The molecule has 17 heavy (non-hydrogen) atoms. The molecule has 2 heteroatoms. The van der Waals surface area contributed by atoms with Crippen LogP contribution in [-0.4, -0.2) is 25.8 Å². The maximum absolute atomic E-state index is 5.53. The number of hydrogen-bond donors (Lipinski definition) is 1. The summed E-state index contributed by atoms with van der Waals surface area (Å²) in [5, 5.41) is 3.70. The lowest BCUT2D eigenvalue weighted by Gasteiger charge is -2.37. The normalized spacial score (nSPS) is 27.0. The molecule has 2 nitrogen and oxygen atoms in total. The van der Waals surface area contributed by atoms with E-state index in [0.29, 0.717) is 6.04 Å². The molecule has 0 radical (unpaired) electrons. The third-order valence-corrected chi connectivity index (χ3v) is 4.25. The van der Waals surface area contributed by atoms with Gasteiger partial charge in [0.05, 0.1) is 0 Å². The van der Waals surface area contributed by atoms with Gasteiger partial charge >= 0.3 is 0 Å². The summed E-state index contributed by atoms with van der Waals surface area (Å²) in [6.07, 6.45) is 8.26. The quantitative estimate of drug-likeness (QED) is 0.656. The minimum absolute atomic E-state index is 0.678. The van der Waals surface area contributed by atoms with Crippen LogP contribution in [0.4, 0.5) is 0 Å². The van der Waals surface area contributed by atoms with Crippen molar-refractivity contribution in [2.75, 3.05) is 19.8 Å². The van der Waals surface area contributed by atoms with Gasteiger partial charge in [0.15, 0.2) is 0 Å². The molecule has 1 rings (SSSR count). The standard InChI is InChI=1S/C15H31NO/c1-4-13-9-7-8-10-14(13)15(16-5-2)11-12-17-6-3/h13-16H,4-12H2,1-3H3. The summed E-state index contributed by atoms with van der Waals surface area (Å²) in [5.41, 5.74) is 0. The highest BCUT2D eigenvalue weighted by molar-refractivity contribution is 4.84. The van der Waals surface area contributed by atoms with Crippen LogP contribution in [0.15, 0.2) is 0 Å². The predicted octanol–water partition coefficient (Wildman–Crippen LogP) is 3.61. The van der Waals surface area contributed by atoms with Gasteiger partial charge in [-0.2, -0.15) is 0 Å². The van der Waals surface area contributed by atoms with Crippen molar-refractivity contribution >= 4 is 0 Å². The second-order valence-electron chi connectivity index (χ2n) is 5.27. The maximum Gasteiger partial charge on any atom is 0.0480 e. The molecule has 0 aliphatic heterocycles. The fourth-order valence-corrected chi connectivity index (χ4v) is 3.36. The van der Waals surface area contributed by atoms with Crippen LogP contribution in [0.1, 0.15) is 59.3 Å². The largest absolute Gasteiger partial charge is 0.382 e. The second kappa shape index (κ2) is 8.93. The molecule has 0 aromatic rings. The SMILES string of the molecule is CCNC(CCOCC)C1CCCCC1CC. The van der Waals surface area contributed by atoms with Gasteiger partial charge in [0, 0.05) is 19.3 Å². The van der Waals surface area contributed by atoms with Crippen LogP contribution in [0.3, 0.4) is 0 Å². The van der Waals surface area contributed by atoms with E-state index in [1.165, 1.54) is 38.5 Å². The summed E-state index contributed by atoms with van der Waals surface area (Å²) in [4.78, 5) is 0. The molecular weight excluding hydrogens is 210 g/mol. The summed E-state index contributed by atoms with van der Waals surface area (Å²) in [6.45, 7) is 9.51. The van der Waals surface area contributed by atoms with Crippen molar-refractivity contribution < 1.29 is 4.74 Å². The Morgan fingerprint density at radius 1 is 1.18 bits per heavy atom. The number of rotatable bonds is 8. The van der Waals surface area contributed by atoms with Crippen LogP contribution in [0.5, 0.6) is 0 Å². The summed E-state index contributed by atoms with van der Waals surface area (Å²) in [5.74, 6) is 1.82. The summed E-state index contributed by atoms with van der Waals surface area (Å²) < 4.78 is 5.53. The molecule has 0 amide bonds. The van der Waals surface area contributed by atoms with E-state index in [2.05, 4.69) is 26.1 Å². The molecule has 0 spiro atoms. The molecule has 1 fully saturated rings. The van der Waals surface area contributed by atoms with E-state index in [1.807, 2.05) is 0 Å². The minimum atomic E-state index is 0.678. The van der Waals surface area contributed by atoms with Gasteiger partial charge in [-0.15, -0.1) is 0 Å². The van der Waals surface area contributed by atoms with Gasteiger partial charge in [-0.25, -0.2) is 0 Å². The Morgan fingerprint density at radius 2 is 1.94 bits per heavy atom. The van der Waals surface area contributed by atoms with Gasteiger partial charge in [-0.05, 0) is 38.1 Å². The minimum Gasteiger partial charge on any atom is -0.382 e. The molecule has 3 atom stereocenters. The molecule has 0 aromatic heterocycles. The molecule has 1 aliphatic rings. The highest BCUT2D eigenvalue weighted by Gasteiger charge is 2.29. The van der Waals surface area contributed by atoms with E-state index in [9.17, 15) is 0 Å². The van der Waals surface area contributed by atoms with Crippen molar-refractivity contribution in [1.82, 2.24) is 5.32 Å². The summed E-state index contributed by atoms with van der Waals surface area (Å²) in [6, 6.07) is 0.678. The lowest BCUT2D eigenvalue weighted by molar-refractivity contribution is 0.107. The fourth-order valence-electron chi connectivity index (χ4n) is 3.36. The Hall–Kier alpha value is -0.0800. The average Bonchev–Trinajstić information content (AvgIpc) is 2.38. The zero-order chi connectivity index (χ0) is 12.5. The third-order valence-electron chi connectivity index (χ3n) is 4.25.